The molecule has 3 unspecified atom stereocenters. The van der Waals surface area contributed by atoms with Crippen molar-refractivity contribution in [1.82, 2.24) is 16.0 Å². The van der Waals surface area contributed by atoms with Crippen molar-refractivity contribution >= 4 is 41.0 Å². The normalized spacial score (nSPS) is 13.4. The van der Waals surface area contributed by atoms with Crippen molar-refractivity contribution in [2.75, 3.05) is 17.7 Å². The third-order valence-electron chi connectivity index (χ3n) is 7.41. The Bertz CT molecular complexity index is 1630. The number of aliphatic carboxylic acids is 2. The maximum Gasteiger partial charge on any atom is 0.326 e. The molecule has 7 N–H and O–H groups in total. The van der Waals surface area contributed by atoms with E-state index in [-0.39, 0.29) is 49.3 Å². The van der Waals surface area contributed by atoms with Gasteiger partial charge in [0.15, 0.2) is 5.82 Å². The number of amides is 3. The summed E-state index contributed by atoms with van der Waals surface area (Å²) in [4.78, 5) is 72.7. The molecule has 0 aliphatic heterocycles. The van der Waals surface area contributed by atoms with Crippen molar-refractivity contribution in [3.63, 3.8) is 0 Å². The van der Waals surface area contributed by atoms with Crippen molar-refractivity contribution in [3.05, 3.63) is 88.4 Å². The number of benzene rings is 2. The molecule has 288 valence electrons. The van der Waals surface area contributed by atoms with Crippen LogP contribution < -0.4 is 31.3 Å². The van der Waals surface area contributed by atoms with E-state index in [1.165, 1.54) is 19.3 Å². The number of carboxylic acids is 2. The van der Waals surface area contributed by atoms with Crippen molar-refractivity contribution in [1.29, 1.82) is 0 Å². The molecule has 53 heavy (non-hydrogen) atoms. The van der Waals surface area contributed by atoms with Crippen LogP contribution in [0, 0.1) is 21.4 Å². The van der Waals surface area contributed by atoms with Crippen molar-refractivity contribution in [2.24, 2.45) is 11.3 Å². The first-order valence-corrected chi connectivity index (χ1v) is 17.0. The highest BCUT2D eigenvalue weighted by Crippen LogP contribution is 2.20. The number of carbonyl (C=O) groups excluding carboxylic acids is 3. The average molecular weight is 739 g/mol. The number of anilines is 2. The molecular formula is C37H50N6O10. The molecule has 2 rings (SSSR count). The summed E-state index contributed by atoms with van der Waals surface area (Å²) in [5.41, 5.74) is 1.32. The van der Waals surface area contributed by atoms with E-state index in [2.05, 4.69) is 26.6 Å². The molecule has 2 aromatic carbocycles. The number of nitro groups is 1. The Balaban J connectivity index is 2.02. The number of carbonyl (C=O) groups is 5. The van der Waals surface area contributed by atoms with Gasteiger partial charge in [0.05, 0.1) is 18.5 Å². The fraction of sp³-hybridized carbons (Fsp3) is 0.432. The smallest absolute Gasteiger partial charge is 0.326 e. The summed E-state index contributed by atoms with van der Waals surface area (Å²) >= 11 is 0. The summed E-state index contributed by atoms with van der Waals surface area (Å²) in [6.07, 6.45) is 3.63. The third kappa shape index (κ3) is 17.2. The summed E-state index contributed by atoms with van der Waals surface area (Å²) in [6, 6.07) is 9.74. The predicted molar refractivity (Wildman–Crippen MR) is 198 cm³/mol. The van der Waals surface area contributed by atoms with Crippen LogP contribution in [0.25, 0.3) is 0 Å². The Morgan fingerprint density at radius 1 is 0.792 bits per heavy atom. The third-order valence-corrected chi connectivity index (χ3v) is 7.41. The van der Waals surface area contributed by atoms with Gasteiger partial charge in [0.2, 0.25) is 17.7 Å². The van der Waals surface area contributed by atoms with Crippen molar-refractivity contribution in [2.45, 2.75) is 84.8 Å². The number of nitrogens with zero attached hydrogens (tertiary/aromatic N) is 1. The lowest BCUT2D eigenvalue weighted by atomic mass is 9.92. The molecule has 3 amide bonds. The van der Waals surface area contributed by atoms with E-state index in [1.807, 2.05) is 34.6 Å². The maximum absolute atomic E-state index is 13.2. The zero-order valence-electron chi connectivity index (χ0n) is 30.8. The van der Waals surface area contributed by atoms with Gasteiger partial charge in [0.1, 0.15) is 23.9 Å². The molecule has 0 radical (unpaired) electrons. The van der Waals surface area contributed by atoms with E-state index < -0.39 is 52.7 Å². The largest absolute Gasteiger partial charge is 0.497 e. The quantitative estimate of drug-likeness (QED) is 0.0540. The molecular weight excluding hydrogens is 688 g/mol. The molecule has 2 aromatic rings. The summed E-state index contributed by atoms with van der Waals surface area (Å²) < 4.78 is 5.13. The van der Waals surface area contributed by atoms with Crippen LogP contribution in [-0.4, -0.2) is 70.0 Å². The average Bonchev–Trinajstić information content (AvgIpc) is 3.04. The highest BCUT2D eigenvalue weighted by molar-refractivity contribution is 5.91. The fourth-order valence-corrected chi connectivity index (χ4v) is 4.93. The lowest BCUT2D eigenvalue weighted by molar-refractivity contribution is -0.403. The summed E-state index contributed by atoms with van der Waals surface area (Å²) in [5, 5.41) is 44.0. The number of rotatable bonds is 21. The fourth-order valence-electron chi connectivity index (χ4n) is 4.93. The zero-order chi connectivity index (χ0) is 39.7. The topological polar surface area (TPSA) is 238 Å². The number of ether oxygens (including phenoxy) is 1. The number of hydrogen-bond donors (Lipinski definition) is 7. The van der Waals surface area contributed by atoms with Gasteiger partial charge in [-0.3, -0.25) is 24.5 Å². The van der Waals surface area contributed by atoms with Crippen LogP contribution in [0.15, 0.2) is 72.7 Å². The van der Waals surface area contributed by atoms with Gasteiger partial charge < -0.3 is 41.5 Å². The molecule has 16 nitrogen and oxygen atoms in total. The first-order chi connectivity index (χ1) is 24.8. The minimum atomic E-state index is -1.36. The second kappa shape index (κ2) is 20.8. The molecule has 0 saturated heterocycles. The van der Waals surface area contributed by atoms with E-state index in [1.54, 1.807) is 48.5 Å². The molecule has 0 bridgehead atoms. The van der Waals surface area contributed by atoms with Crippen molar-refractivity contribution in [3.8, 4) is 5.75 Å². The van der Waals surface area contributed by atoms with Gasteiger partial charge in [-0.25, -0.2) is 9.59 Å². The standard InChI is InChI=1S/C37H50N6O10/c1-23(2)19-30(34(46)42-29(36(49)50)10-8-7-9-28(35(47)48)40-33(45)21-37(3,4)5)41-32(44)20-24-11-13-25(14-12-24)38-31(22-43(51)52)39-26-15-17-27(53-6)18-16-26/h7-8,11-18,22-23,28-30,38-39H,9-10,19-21H2,1-6H3,(H,40,45)(H,41,44)(H,42,46)(H,47,48)(H,49,50). The lowest BCUT2D eigenvalue weighted by Gasteiger charge is -2.22. The minimum Gasteiger partial charge on any atom is -0.497 e. The highest BCUT2D eigenvalue weighted by Gasteiger charge is 2.27. The Labute approximate surface area is 308 Å². The molecule has 0 saturated carbocycles. The van der Waals surface area contributed by atoms with E-state index in [0.717, 1.165) is 6.20 Å². The van der Waals surface area contributed by atoms with Crippen LogP contribution in [0.2, 0.25) is 0 Å². The SMILES string of the molecule is COc1ccc(NC(=C[N+](=O)[O-])Nc2ccc(CC(=O)NC(CC(C)C)C(=O)NC(CC=CCC(NC(=O)CC(C)(C)C)C(=O)O)C(=O)O)cc2)cc1. The molecule has 0 aromatic heterocycles. The van der Waals surface area contributed by atoms with Crippen LogP contribution in [0.3, 0.4) is 0 Å². The number of carboxylic acid groups (broad SMARTS) is 2. The van der Waals surface area contributed by atoms with E-state index >= 15 is 0 Å². The Morgan fingerprint density at radius 2 is 1.28 bits per heavy atom. The summed E-state index contributed by atoms with van der Waals surface area (Å²) in [5.74, 6) is -3.48. The first-order valence-electron chi connectivity index (χ1n) is 17.0. The first kappa shape index (κ1) is 43.2. The summed E-state index contributed by atoms with van der Waals surface area (Å²) in [7, 11) is 1.53. The van der Waals surface area contributed by atoms with Gasteiger partial charge in [0.25, 0.3) is 6.20 Å². The van der Waals surface area contributed by atoms with Crippen LogP contribution >= 0.6 is 0 Å². The molecule has 0 aliphatic carbocycles. The van der Waals surface area contributed by atoms with Crippen LogP contribution in [0.4, 0.5) is 11.4 Å². The molecule has 0 aliphatic rings. The van der Waals surface area contributed by atoms with Gasteiger partial charge in [-0.05, 0) is 72.6 Å². The van der Waals surface area contributed by atoms with Crippen LogP contribution in [-0.2, 0) is 30.4 Å². The minimum absolute atomic E-state index is 0.0334. The van der Waals surface area contributed by atoms with Gasteiger partial charge >= 0.3 is 11.9 Å². The second-order valence-corrected chi connectivity index (χ2v) is 14.0. The summed E-state index contributed by atoms with van der Waals surface area (Å²) in [6.45, 7) is 9.24. The lowest BCUT2D eigenvalue weighted by Crippen LogP contribution is -2.52. The van der Waals surface area contributed by atoms with Gasteiger partial charge in [-0.1, -0.05) is 58.9 Å². The molecule has 0 fully saturated rings. The Morgan fingerprint density at radius 3 is 1.74 bits per heavy atom. The molecule has 16 heteroatoms. The van der Waals surface area contributed by atoms with E-state index in [9.17, 15) is 44.3 Å². The van der Waals surface area contributed by atoms with Gasteiger partial charge in [0, 0.05) is 17.8 Å². The maximum atomic E-state index is 13.2. The second-order valence-electron chi connectivity index (χ2n) is 14.0. The zero-order valence-corrected chi connectivity index (χ0v) is 30.8. The molecule has 3 atom stereocenters. The predicted octanol–water partition coefficient (Wildman–Crippen LogP) is 4.28. The molecule has 0 heterocycles. The van der Waals surface area contributed by atoms with Crippen LogP contribution in [0.5, 0.6) is 5.75 Å². The number of methoxy groups -OCH3 is 1. The van der Waals surface area contributed by atoms with E-state index in [0.29, 0.717) is 22.7 Å². The highest BCUT2D eigenvalue weighted by atomic mass is 16.6. The molecule has 0 spiro atoms. The number of hydrogen-bond acceptors (Lipinski definition) is 10. The monoisotopic (exact) mass is 738 g/mol. The van der Waals surface area contributed by atoms with Crippen LogP contribution in [0.1, 0.15) is 65.9 Å². The van der Waals surface area contributed by atoms with E-state index in [4.69, 9.17) is 4.74 Å². The van der Waals surface area contributed by atoms with Gasteiger partial charge in [-0.15, -0.1) is 0 Å². The Hall–Kier alpha value is -5.93. The Kier molecular flexibility index (Phi) is 17.0. The van der Waals surface area contributed by atoms with Crippen molar-refractivity contribution < 1.29 is 43.8 Å². The number of nitrogens with one attached hydrogen (secondary N) is 5. The van der Waals surface area contributed by atoms with Gasteiger partial charge in [-0.2, -0.15) is 0 Å².